The van der Waals surface area contributed by atoms with E-state index in [1.54, 1.807) is 47.3 Å². The van der Waals surface area contributed by atoms with Crippen molar-refractivity contribution in [1.82, 2.24) is 9.78 Å². The van der Waals surface area contributed by atoms with E-state index >= 15 is 0 Å². The zero-order valence-electron chi connectivity index (χ0n) is 15.7. The van der Waals surface area contributed by atoms with E-state index in [0.717, 1.165) is 5.56 Å². The molecule has 0 radical (unpaired) electrons. The molecule has 2 heterocycles. The fraction of sp³-hybridized carbons (Fsp3) is 0.0909. The maximum Gasteiger partial charge on any atom is 0.265 e. The lowest BCUT2D eigenvalue weighted by Gasteiger charge is -2.04. The monoisotopic (exact) mass is 425 g/mol. The van der Waals surface area contributed by atoms with Crippen LogP contribution >= 0.6 is 11.3 Å². The van der Waals surface area contributed by atoms with Crippen molar-refractivity contribution < 1.29 is 18.3 Å². The lowest BCUT2D eigenvalue weighted by atomic mass is 10.2. The molecule has 0 aliphatic rings. The van der Waals surface area contributed by atoms with Crippen LogP contribution in [0.25, 0.3) is 0 Å². The zero-order chi connectivity index (χ0) is 20.9. The van der Waals surface area contributed by atoms with E-state index in [0.29, 0.717) is 21.9 Å². The van der Waals surface area contributed by atoms with Gasteiger partial charge in [0.1, 0.15) is 24.0 Å². The number of halogens is 2. The van der Waals surface area contributed by atoms with Crippen LogP contribution in [0.5, 0.6) is 5.75 Å². The van der Waals surface area contributed by atoms with E-state index in [9.17, 15) is 13.6 Å². The highest BCUT2D eigenvalue weighted by Crippen LogP contribution is 2.20. The van der Waals surface area contributed by atoms with Gasteiger partial charge in [0.25, 0.3) is 5.91 Å². The molecule has 5 nitrogen and oxygen atoms in total. The van der Waals surface area contributed by atoms with Gasteiger partial charge in [-0.25, -0.2) is 8.78 Å². The number of thiophene rings is 1. The van der Waals surface area contributed by atoms with Gasteiger partial charge in [-0.05, 0) is 41.8 Å². The summed E-state index contributed by atoms with van der Waals surface area (Å²) in [7, 11) is 0. The van der Waals surface area contributed by atoms with E-state index in [4.69, 9.17) is 4.74 Å². The Bertz CT molecular complexity index is 1160. The highest BCUT2D eigenvalue weighted by Gasteiger charge is 2.12. The third-order valence-electron chi connectivity index (χ3n) is 4.28. The topological polar surface area (TPSA) is 56.2 Å². The number of ether oxygens (including phenoxy) is 1. The number of amides is 1. The number of hydrogen-bond donors (Lipinski definition) is 1. The van der Waals surface area contributed by atoms with Gasteiger partial charge in [-0.15, -0.1) is 11.3 Å². The van der Waals surface area contributed by atoms with Gasteiger partial charge < -0.3 is 10.1 Å². The highest BCUT2D eigenvalue weighted by atomic mass is 32.1. The van der Waals surface area contributed by atoms with Crippen LogP contribution in [0.1, 0.15) is 20.8 Å². The minimum Gasteiger partial charge on any atom is -0.489 e. The summed E-state index contributed by atoms with van der Waals surface area (Å²) in [6.45, 7) is 0.544. The van der Waals surface area contributed by atoms with Gasteiger partial charge in [-0.1, -0.05) is 18.2 Å². The summed E-state index contributed by atoms with van der Waals surface area (Å²) in [5.74, 6) is -0.337. The minimum absolute atomic E-state index is 0.265. The smallest absolute Gasteiger partial charge is 0.265 e. The first kappa shape index (κ1) is 19.8. The number of nitrogens with zero attached hydrogens (tertiary/aromatic N) is 2. The predicted octanol–water partition coefficient (Wildman–Crippen LogP) is 5.10. The van der Waals surface area contributed by atoms with Crippen molar-refractivity contribution in [2.45, 2.75) is 13.2 Å². The maximum atomic E-state index is 13.8. The predicted molar refractivity (Wildman–Crippen MR) is 111 cm³/mol. The lowest BCUT2D eigenvalue weighted by Crippen LogP contribution is -2.09. The summed E-state index contributed by atoms with van der Waals surface area (Å²) in [5.41, 5.74) is 1.88. The van der Waals surface area contributed by atoms with Gasteiger partial charge in [0.15, 0.2) is 0 Å². The average Bonchev–Trinajstić information content (AvgIpc) is 3.39. The molecule has 0 fully saturated rings. The molecule has 0 spiro atoms. The molecule has 2 aromatic carbocycles. The number of hydrogen-bond acceptors (Lipinski definition) is 4. The van der Waals surface area contributed by atoms with Gasteiger partial charge >= 0.3 is 0 Å². The van der Waals surface area contributed by atoms with Crippen LogP contribution in [0.3, 0.4) is 0 Å². The molecule has 0 aliphatic heterocycles. The molecular formula is C22H17F2N3O2S. The summed E-state index contributed by atoms with van der Waals surface area (Å²) in [4.78, 5) is 13.0. The molecule has 0 bridgehead atoms. The Morgan fingerprint density at radius 1 is 1.13 bits per heavy atom. The number of carbonyl (C=O) groups is 1. The minimum atomic E-state index is -0.325. The Hall–Kier alpha value is -3.52. The van der Waals surface area contributed by atoms with Gasteiger partial charge in [0, 0.05) is 17.3 Å². The van der Waals surface area contributed by atoms with Gasteiger partial charge in [-0.3, -0.25) is 9.48 Å². The fourth-order valence-corrected chi connectivity index (χ4v) is 3.57. The number of nitrogens with one attached hydrogen (secondary N) is 1. The summed E-state index contributed by atoms with van der Waals surface area (Å²) in [5, 5.41) is 8.78. The third-order valence-corrected chi connectivity index (χ3v) is 5.26. The molecule has 4 aromatic rings. The van der Waals surface area contributed by atoms with Crippen molar-refractivity contribution >= 4 is 22.9 Å². The van der Waals surface area contributed by atoms with Crippen molar-refractivity contribution in [1.29, 1.82) is 0 Å². The molecule has 0 unspecified atom stereocenters. The van der Waals surface area contributed by atoms with Crippen LogP contribution < -0.4 is 10.1 Å². The van der Waals surface area contributed by atoms with Crippen LogP contribution in [0, 0.1) is 11.6 Å². The molecule has 4 rings (SSSR count). The number of rotatable bonds is 7. The number of benzene rings is 2. The molecule has 152 valence electrons. The van der Waals surface area contributed by atoms with Crippen LogP contribution in [0.15, 0.2) is 72.4 Å². The molecule has 0 saturated carbocycles. The van der Waals surface area contributed by atoms with E-state index in [2.05, 4.69) is 10.4 Å². The van der Waals surface area contributed by atoms with Gasteiger partial charge in [-0.2, -0.15) is 5.10 Å². The van der Waals surface area contributed by atoms with E-state index in [-0.39, 0.29) is 30.7 Å². The second-order valence-corrected chi connectivity index (χ2v) is 7.45. The van der Waals surface area contributed by atoms with Crippen molar-refractivity contribution in [3.63, 3.8) is 0 Å². The number of carbonyl (C=O) groups excluding carboxylic acids is 1. The van der Waals surface area contributed by atoms with E-state index in [1.165, 1.54) is 35.7 Å². The summed E-state index contributed by atoms with van der Waals surface area (Å²) >= 11 is 1.30. The molecule has 8 heteroatoms. The molecule has 0 aliphatic carbocycles. The van der Waals surface area contributed by atoms with E-state index < -0.39 is 0 Å². The van der Waals surface area contributed by atoms with E-state index in [1.807, 2.05) is 5.38 Å². The molecule has 2 aromatic heterocycles. The lowest BCUT2D eigenvalue weighted by molar-refractivity contribution is 0.103. The highest BCUT2D eigenvalue weighted by molar-refractivity contribution is 7.12. The first-order valence-electron chi connectivity index (χ1n) is 9.10. The van der Waals surface area contributed by atoms with Crippen molar-refractivity contribution in [2.75, 3.05) is 5.32 Å². The van der Waals surface area contributed by atoms with Crippen LogP contribution in [-0.4, -0.2) is 15.7 Å². The average molecular weight is 425 g/mol. The van der Waals surface area contributed by atoms with Crippen molar-refractivity contribution in [2.24, 2.45) is 0 Å². The van der Waals surface area contributed by atoms with Crippen LogP contribution in [-0.2, 0) is 13.2 Å². The Kier molecular flexibility index (Phi) is 5.85. The first-order chi connectivity index (χ1) is 14.6. The fourth-order valence-electron chi connectivity index (χ4n) is 2.78. The number of aromatic nitrogens is 2. The normalized spacial score (nSPS) is 10.7. The van der Waals surface area contributed by atoms with Crippen LogP contribution in [0.4, 0.5) is 14.5 Å². The SMILES string of the molecule is O=C(Nc1cnn(Cc2ccccc2F)c1)c1cc(COc2ccc(F)cc2)cs1. The maximum absolute atomic E-state index is 13.8. The largest absolute Gasteiger partial charge is 0.489 e. The third kappa shape index (κ3) is 4.90. The molecular weight excluding hydrogens is 408 g/mol. The second-order valence-electron chi connectivity index (χ2n) is 6.53. The Morgan fingerprint density at radius 3 is 2.73 bits per heavy atom. The summed E-state index contributed by atoms with van der Waals surface area (Å²) in [6, 6.07) is 14.0. The van der Waals surface area contributed by atoms with Gasteiger partial charge in [0.2, 0.25) is 0 Å². The van der Waals surface area contributed by atoms with Crippen molar-refractivity contribution in [3.8, 4) is 5.75 Å². The Morgan fingerprint density at radius 2 is 1.93 bits per heavy atom. The second kappa shape index (κ2) is 8.87. The van der Waals surface area contributed by atoms with Gasteiger partial charge in [0.05, 0.1) is 23.3 Å². The summed E-state index contributed by atoms with van der Waals surface area (Å²) < 4.78 is 33.8. The quantitative estimate of drug-likeness (QED) is 0.448. The Balaban J connectivity index is 1.34. The molecule has 1 amide bonds. The number of anilines is 1. The van der Waals surface area contributed by atoms with Crippen LogP contribution in [0.2, 0.25) is 0 Å². The summed E-state index contributed by atoms with van der Waals surface area (Å²) in [6.07, 6.45) is 3.17. The first-order valence-corrected chi connectivity index (χ1v) is 9.98. The molecule has 30 heavy (non-hydrogen) atoms. The molecule has 0 saturated heterocycles. The standard InChI is InChI=1S/C22H17F2N3O2S/c23-17-5-7-19(8-6-17)29-13-15-9-21(30-14-15)22(28)26-18-10-25-27(12-18)11-16-3-1-2-4-20(16)24/h1-10,12,14H,11,13H2,(H,26,28). The Labute approximate surface area is 175 Å². The van der Waals surface area contributed by atoms with Crippen molar-refractivity contribution in [3.05, 3.63) is 100 Å². The molecule has 1 N–H and O–H groups in total. The zero-order valence-corrected chi connectivity index (χ0v) is 16.5. The molecule has 0 atom stereocenters.